The van der Waals surface area contributed by atoms with Crippen molar-refractivity contribution in [2.75, 3.05) is 18.8 Å². The van der Waals surface area contributed by atoms with Crippen LogP contribution in [0, 0.1) is 0 Å². The van der Waals surface area contributed by atoms with Gasteiger partial charge in [0, 0.05) is 24.2 Å². The van der Waals surface area contributed by atoms with Gasteiger partial charge in [-0.05, 0) is 31.0 Å². The Hall–Kier alpha value is -2.04. The largest absolute Gasteiger partial charge is 0.399 e. The van der Waals surface area contributed by atoms with Gasteiger partial charge in [-0.15, -0.1) is 0 Å². The molecule has 0 saturated carbocycles. The minimum absolute atomic E-state index is 0.000602. The number of amides is 1. The second-order valence-corrected chi connectivity index (χ2v) is 4.38. The molecule has 5 heteroatoms. The van der Waals surface area contributed by atoms with E-state index < -0.39 is 0 Å². The molecule has 2 heterocycles. The number of nitrogens with one attached hydrogen (secondary N) is 1. The van der Waals surface area contributed by atoms with E-state index in [2.05, 4.69) is 10.2 Å². The van der Waals surface area contributed by atoms with E-state index in [0.717, 1.165) is 36.8 Å². The first-order valence-corrected chi connectivity index (χ1v) is 5.78. The van der Waals surface area contributed by atoms with E-state index in [-0.39, 0.29) is 5.91 Å². The lowest BCUT2D eigenvalue weighted by molar-refractivity contribution is 0.0789. The van der Waals surface area contributed by atoms with E-state index in [1.807, 2.05) is 11.0 Å². The normalized spacial score (nSPS) is 15.6. The number of rotatable bonds is 1. The Balaban J connectivity index is 2.04. The van der Waals surface area contributed by atoms with Crippen LogP contribution in [0.15, 0.2) is 18.2 Å². The number of nitrogen functional groups attached to an aromatic ring is 1. The molecule has 0 atom stereocenters. The van der Waals surface area contributed by atoms with E-state index >= 15 is 0 Å². The molecule has 2 aromatic rings. The number of nitrogens with zero attached hydrogens (tertiary/aromatic N) is 2. The molecule has 3 N–H and O–H groups in total. The topological polar surface area (TPSA) is 75.0 Å². The number of H-pyrrole nitrogens is 1. The number of fused-ring (bicyclic) bond motifs is 1. The second kappa shape index (κ2) is 3.76. The summed E-state index contributed by atoms with van der Waals surface area (Å²) in [4.78, 5) is 14.1. The molecule has 1 amide bonds. The first kappa shape index (κ1) is 10.1. The Kier molecular flexibility index (Phi) is 2.24. The Morgan fingerprint density at radius 3 is 2.88 bits per heavy atom. The Morgan fingerprint density at radius 1 is 1.35 bits per heavy atom. The van der Waals surface area contributed by atoms with Crippen LogP contribution >= 0.6 is 0 Å². The highest BCUT2D eigenvalue weighted by Gasteiger charge is 2.23. The van der Waals surface area contributed by atoms with Gasteiger partial charge in [-0.2, -0.15) is 5.10 Å². The molecular weight excluding hydrogens is 216 g/mol. The summed E-state index contributed by atoms with van der Waals surface area (Å²) in [7, 11) is 0. The SMILES string of the molecule is Nc1ccc2[nH]nc(C(=O)N3CCCC3)c2c1. The summed E-state index contributed by atoms with van der Waals surface area (Å²) in [6.07, 6.45) is 2.16. The molecule has 0 aliphatic carbocycles. The molecule has 0 spiro atoms. The molecule has 1 aromatic heterocycles. The molecule has 0 unspecified atom stereocenters. The molecule has 1 saturated heterocycles. The van der Waals surface area contributed by atoms with Crippen molar-refractivity contribution in [3.63, 3.8) is 0 Å². The van der Waals surface area contributed by atoms with Gasteiger partial charge >= 0.3 is 0 Å². The van der Waals surface area contributed by atoms with Crippen LogP contribution in [0.2, 0.25) is 0 Å². The fourth-order valence-corrected chi connectivity index (χ4v) is 2.26. The van der Waals surface area contributed by atoms with Gasteiger partial charge in [0.05, 0.1) is 5.52 Å². The zero-order chi connectivity index (χ0) is 11.8. The molecule has 17 heavy (non-hydrogen) atoms. The number of benzene rings is 1. The fraction of sp³-hybridized carbons (Fsp3) is 0.333. The van der Waals surface area contributed by atoms with Crippen LogP contribution in [0.3, 0.4) is 0 Å². The van der Waals surface area contributed by atoms with Gasteiger partial charge in [0.25, 0.3) is 5.91 Å². The number of carbonyl (C=O) groups is 1. The van der Waals surface area contributed by atoms with Crippen LogP contribution in [0.5, 0.6) is 0 Å². The predicted octanol–water partition coefficient (Wildman–Crippen LogP) is 1.38. The number of carbonyl (C=O) groups excluding carboxylic acids is 1. The third kappa shape index (κ3) is 1.63. The maximum absolute atomic E-state index is 12.2. The lowest BCUT2D eigenvalue weighted by Gasteiger charge is -2.13. The average Bonchev–Trinajstić information content (AvgIpc) is 2.97. The number of aromatic amines is 1. The first-order valence-electron chi connectivity index (χ1n) is 5.78. The molecule has 3 rings (SSSR count). The Labute approximate surface area is 98.6 Å². The standard InChI is InChI=1S/C12H14N4O/c13-8-3-4-10-9(7-8)11(15-14-10)12(17)16-5-1-2-6-16/h3-4,7H,1-2,5-6,13H2,(H,14,15). The summed E-state index contributed by atoms with van der Waals surface area (Å²) in [6.45, 7) is 1.66. The number of nitrogens with two attached hydrogens (primary N) is 1. The van der Waals surface area contributed by atoms with E-state index in [0.29, 0.717) is 11.4 Å². The lowest BCUT2D eigenvalue weighted by atomic mass is 10.2. The molecule has 1 aliphatic heterocycles. The third-order valence-electron chi connectivity index (χ3n) is 3.18. The summed E-state index contributed by atoms with van der Waals surface area (Å²) in [5.74, 6) is -0.000602. The highest BCUT2D eigenvalue weighted by atomic mass is 16.2. The van der Waals surface area contributed by atoms with Gasteiger partial charge in [-0.1, -0.05) is 0 Å². The fourth-order valence-electron chi connectivity index (χ4n) is 2.26. The van der Waals surface area contributed by atoms with Crippen LogP contribution in [-0.2, 0) is 0 Å². The Bertz CT molecular complexity index is 569. The number of aromatic nitrogens is 2. The van der Waals surface area contributed by atoms with E-state index in [9.17, 15) is 4.79 Å². The number of hydrogen-bond donors (Lipinski definition) is 2. The molecule has 0 radical (unpaired) electrons. The van der Waals surface area contributed by atoms with E-state index in [4.69, 9.17) is 5.73 Å². The molecule has 88 valence electrons. The van der Waals surface area contributed by atoms with E-state index in [1.165, 1.54) is 0 Å². The quantitative estimate of drug-likeness (QED) is 0.727. The number of anilines is 1. The van der Waals surface area contributed by atoms with Crippen LogP contribution in [0.4, 0.5) is 5.69 Å². The second-order valence-electron chi connectivity index (χ2n) is 4.38. The summed E-state index contributed by atoms with van der Waals surface area (Å²) in [6, 6.07) is 5.44. The average molecular weight is 230 g/mol. The maximum Gasteiger partial charge on any atom is 0.274 e. The molecule has 1 fully saturated rings. The van der Waals surface area contributed by atoms with Gasteiger partial charge < -0.3 is 10.6 Å². The van der Waals surface area contributed by atoms with Gasteiger partial charge in [0.15, 0.2) is 5.69 Å². The van der Waals surface area contributed by atoms with Crippen molar-refractivity contribution in [3.8, 4) is 0 Å². The van der Waals surface area contributed by atoms with Gasteiger partial charge in [-0.25, -0.2) is 0 Å². The molecule has 0 bridgehead atoms. The van der Waals surface area contributed by atoms with Crippen molar-refractivity contribution in [3.05, 3.63) is 23.9 Å². The summed E-state index contributed by atoms with van der Waals surface area (Å²) < 4.78 is 0. The zero-order valence-electron chi connectivity index (χ0n) is 9.44. The van der Waals surface area contributed by atoms with Crippen molar-refractivity contribution in [2.24, 2.45) is 0 Å². The lowest BCUT2D eigenvalue weighted by Crippen LogP contribution is -2.28. The van der Waals surface area contributed by atoms with Crippen LogP contribution in [0.25, 0.3) is 10.9 Å². The van der Waals surface area contributed by atoms with E-state index in [1.54, 1.807) is 12.1 Å². The molecule has 1 aromatic carbocycles. The highest BCUT2D eigenvalue weighted by molar-refractivity contribution is 6.05. The van der Waals surface area contributed by atoms with Gasteiger partial charge in [0.2, 0.25) is 0 Å². The van der Waals surface area contributed by atoms with Crippen molar-refractivity contribution in [2.45, 2.75) is 12.8 Å². The van der Waals surface area contributed by atoms with Gasteiger partial charge in [0.1, 0.15) is 0 Å². The highest BCUT2D eigenvalue weighted by Crippen LogP contribution is 2.21. The minimum atomic E-state index is -0.000602. The Morgan fingerprint density at radius 2 is 2.12 bits per heavy atom. The van der Waals surface area contributed by atoms with Crippen molar-refractivity contribution < 1.29 is 4.79 Å². The summed E-state index contributed by atoms with van der Waals surface area (Å²) >= 11 is 0. The smallest absolute Gasteiger partial charge is 0.274 e. The van der Waals surface area contributed by atoms with Crippen LogP contribution in [-0.4, -0.2) is 34.1 Å². The monoisotopic (exact) mass is 230 g/mol. The van der Waals surface area contributed by atoms with Crippen molar-refractivity contribution >= 4 is 22.5 Å². The molecular formula is C12H14N4O. The molecule has 5 nitrogen and oxygen atoms in total. The predicted molar refractivity (Wildman–Crippen MR) is 65.6 cm³/mol. The van der Waals surface area contributed by atoms with Gasteiger partial charge in [-0.3, -0.25) is 9.89 Å². The van der Waals surface area contributed by atoms with Crippen molar-refractivity contribution in [1.29, 1.82) is 0 Å². The van der Waals surface area contributed by atoms with Crippen LogP contribution < -0.4 is 5.73 Å². The third-order valence-corrected chi connectivity index (χ3v) is 3.18. The number of likely N-dealkylation sites (tertiary alicyclic amines) is 1. The van der Waals surface area contributed by atoms with Crippen LogP contribution in [0.1, 0.15) is 23.3 Å². The zero-order valence-corrected chi connectivity index (χ0v) is 9.44. The van der Waals surface area contributed by atoms with Crippen molar-refractivity contribution in [1.82, 2.24) is 15.1 Å². The maximum atomic E-state index is 12.2. The number of hydrogen-bond acceptors (Lipinski definition) is 3. The summed E-state index contributed by atoms with van der Waals surface area (Å²) in [5.41, 5.74) is 7.72. The minimum Gasteiger partial charge on any atom is -0.399 e. The molecule has 1 aliphatic rings. The summed E-state index contributed by atoms with van der Waals surface area (Å²) in [5, 5.41) is 7.78. The first-order chi connectivity index (χ1) is 8.25.